The molecule has 10 nitrogen and oxygen atoms in total. The first-order valence-electron chi connectivity index (χ1n) is 13.0. The first-order chi connectivity index (χ1) is 21.0. The highest BCUT2D eigenvalue weighted by atomic mass is 19.4. The van der Waals surface area contributed by atoms with Crippen LogP contribution in [0.4, 0.5) is 30.7 Å². The van der Waals surface area contributed by atoms with Gasteiger partial charge in [-0.3, -0.25) is 14.8 Å². The molecule has 1 aromatic carbocycles. The molecular formula is C28H27F7N6O4. The van der Waals surface area contributed by atoms with Crippen LogP contribution in [-0.4, -0.2) is 90.8 Å². The maximum absolute atomic E-state index is 13.6. The summed E-state index contributed by atoms with van der Waals surface area (Å²) in [6.07, 6.45) is -8.25. The molecule has 45 heavy (non-hydrogen) atoms. The number of fused-ring (bicyclic) bond motifs is 1. The molecule has 4 aromatic rings. The van der Waals surface area contributed by atoms with E-state index in [-0.39, 0.29) is 11.9 Å². The molecule has 0 saturated carbocycles. The predicted octanol–water partition coefficient (Wildman–Crippen LogP) is 4.99. The lowest BCUT2D eigenvalue weighted by Crippen LogP contribution is -2.46. The molecule has 1 aliphatic rings. The maximum atomic E-state index is 13.6. The second kappa shape index (κ2) is 14.4. The van der Waals surface area contributed by atoms with E-state index in [1.807, 2.05) is 37.4 Å². The molecule has 0 amide bonds. The van der Waals surface area contributed by atoms with Gasteiger partial charge in [0.15, 0.2) is 0 Å². The molecule has 4 heterocycles. The number of benzene rings is 1. The largest absolute Gasteiger partial charge is 0.490 e. The summed E-state index contributed by atoms with van der Waals surface area (Å²) in [5, 5.41) is 23.2. The van der Waals surface area contributed by atoms with Crippen LogP contribution in [0.25, 0.3) is 16.6 Å². The Morgan fingerprint density at radius 1 is 0.911 bits per heavy atom. The zero-order valence-corrected chi connectivity index (χ0v) is 23.7. The molecule has 242 valence electrons. The molecule has 17 heteroatoms. The van der Waals surface area contributed by atoms with E-state index < -0.39 is 24.3 Å². The van der Waals surface area contributed by atoms with Gasteiger partial charge in [0.25, 0.3) is 0 Å². The highest BCUT2D eigenvalue weighted by Crippen LogP contribution is 2.28. The van der Waals surface area contributed by atoms with Crippen molar-refractivity contribution < 1.29 is 50.5 Å². The third-order valence-corrected chi connectivity index (χ3v) is 6.46. The van der Waals surface area contributed by atoms with Gasteiger partial charge in [-0.1, -0.05) is 29.5 Å². The average Bonchev–Trinajstić information content (AvgIpc) is 3.37. The van der Waals surface area contributed by atoms with Gasteiger partial charge in [0.1, 0.15) is 11.5 Å². The zero-order valence-electron chi connectivity index (χ0n) is 23.7. The number of alkyl halides is 6. The number of hydrogen-bond acceptors (Lipinski definition) is 7. The molecule has 1 saturated heterocycles. The second-order valence-electron chi connectivity index (χ2n) is 9.84. The number of aliphatic carboxylic acids is 2. The number of piperazine rings is 1. The fourth-order valence-corrected chi connectivity index (χ4v) is 4.28. The Bertz CT molecular complexity index is 1600. The van der Waals surface area contributed by atoms with Crippen LogP contribution in [0.2, 0.25) is 0 Å². The number of aromatic nitrogens is 4. The highest BCUT2D eigenvalue weighted by Gasteiger charge is 2.39. The molecule has 3 aromatic heterocycles. The molecule has 1 fully saturated rings. The van der Waals surface area contributed by atoms with E-state index in [2.05, 4.69) is 44.3 Å². The molecule has 0 bridgehead atoms. The number of pyridine rings is 2. The van der Waals surface area contributed by atoms with Crippen molar-refractivity contribution in [1.29, 1.82) is 0 Å². The number of carbonyl (C=O) groups is 2. The zero-order chi connectivity index (χ0) is 33.5. The van der Waals surface area contributed by atoms with Gasteiger partial charge in [-0.2, -0.15) is 26.3 Å². The monoisotopic (exact) mass is 644 g/mol. The van der Waals surface area contributed by atoms with Crippen molar-refractivity contribution in [3.63, 3.8) is 0 Å². The minimum atomic E-state index is -5.08. The minimum absolute atomic E-state index is 0.149. The fraction of sp³-hybridized carbons (Fsp3) is 0.321. The maximum Gasteiger partial charge on any atom is 0.490 e. The van der Waals surface area contributed by atoms with E-state index in [0.29, 0.717) is 0 Å². The lowest BCUT2D eigenvalue weighted by atomic mass is 10.1. The number of likely N-dealkylation sites (N-methyl/N-ethyl adjacent to an activating group) is 1. The lowest BCUT2D eigenvalue weighted by Gasteiger charge is -2.38. The number of rotatable bonds is 4. The van der Waals surface area contributed by atoms with Gasteiger partial charge in [0.2, 0.25) is 0 Å². The third-order valence-electron chi connectivity index (χ3n) is 6.46. The molecule has 2 N–H and O–H groups in total. The van der Waals surface area contributed by atoms with Crippen LogP contribution in [0.1, 0.15) is 23.1 Å². The number of nitrogens with zero attached hydrogens (tertiary/aromatic N) is 6. The summed E-state index contributed by atoms with van der Waals surface area (Å²) in [7, 11) is 2.14. The SMILES string of the molecule is Cc1cccc(CN2CCN(C)C(c3nnn4cc(-c5cccc(F)c5)ccc34)C2)n1.O=C(O)C(F)(F)F.O=C(O)C(F)(F)F. The van der Waals surface area contributed by atoms with Crippen LogP contribution in [0.3, 0.4) is 0 Å². The summed E-state index contributed by atoms with van der Waals surface area (Å²) in [4.78, 5) is 27.2. The van der Waals surface area contributed by atoms with Crippen molar-refractivity contribution >= 4 is 17.5 Å². The summed E-state index contributed by atoms with van der Waals surface area (Å²) in [5.41, 5.74) is 5.82. The van der Waals surface area contributed by atoms with Gasteiger partial charge in [0, 0.05) is 43.6 Å². The molecule has 5 rings (SSSR count). The Kier molecular flexibility index (Phi) is 11.2. The van der Waals surface area contributed by atoms with Gasteiger partial charge in [0.05, 0.1) is 17.3 Å². The summed E-state index contributed by atoms with van der Waals surface area (Å²) >= 11 is 0. The van der Waals surface area contributed by atoms with E-state index in [1.165, 1.54) is 12.1 Å². The molecule has 0 radical (unpaired) electrons. The van der Waals surface area contributed by atoms with Gasteiger partial charge in [-0.05, 0) is 49.9 Å². The molecule has 1 atom stereocenters. The predicted molar refractivity (Wildman–Crippen MR) is 145 cm³/mol. The second-order valence-corrected chi connectivity index (χ2v) is 9.84. The molecule has 0 spiro atoms. The van der Waals surface area contributed by atoms with Crippen molar-refractivity contribution in [1.82, 2.24) is 29.6 Å². The quantitative estimate of drug-likeness (QED) is 0.296. The van der Waals surface area contributed by atoms with Gasteiger partial charge >= 0.3 is 24.3 Å². The molecule has 1 aliphatic heterocycles. The lowest BCUT2D eigenvalue weighted by molar-refractivity contribution is -0.193. The van der Waals surface area contributed by atoms with Gasteiger partial charge in [-0.15, -0.1) is 5.10 Å². The van der Waals surface area contributed by atoms with Crippen LogP contribution >= 0.6 is 0 Å². The highest BCUT2D eigenvalue weighted by molar-refractivity contribution is 5.73. The first-order valence-corrected chi connectivity index (χ1v) is 13.0. The molecule has 1 unspecified atom stereocenters. The van der Waals surface area contributed by atoms with Gasteiger partial charge < -0.3 is 10.2 Å². The first kappa shape index (κ1) is 34.8. The van der Waals surface area contributed by atoms with Crippen LogP contribution in [0.15, 0.2) is 60.8 Å². The topological polar surface area (TPSA) is 124 Å². The van der Waals surface area contributed by atoms with E-state index in [0.717, 1.165) is 59.9 Å². The summed E-state index contributed by atoms with van der Waals surface area (Å²) in [6.45, 7) is 5.67. The Morgan fingerprint density at radius 3 is 2.11 bits per heavy atom. The van der Waals surface area contributed by atoms with Crippen molar-refractivity contribution in [2.45, 2.75) is 31.9 Å². The average molecular weight is 645 g/mol. The van der Waals surface area contributed by atoms with E-state index in [9.17, 15) is 30.7 Å². The summed E-state index contributed by atoms with van der Waals surface area (Å²) in [6, 6.07) is 17.0. The normalized spacial score (nSPS) is 15.9. The minimum Gasteiger partial charge on any atom is -0.475 e. The van der Waals surface area contributed by atoms with Crippen LogP contribution in [0.5, 0.6) is 0 Å². The Hall–Kier alpha value is -4.64. The van der Waals surface area contributed by atoms with E-state index in [4.69, 9.17) is 19.8 Å². The van der Waals surface area contributed by atoms with Crippen LogP contribution in [-0.2, 0) is 16.1 Å². The Morgan fingerprint density at radius 2 is 1.53 bits per heavy atom. The van der Waals surface area contributed by atoms with E-state index in [1.54, 1.807) is 10.6 Å². The number of aryl methyl sites for hydroxylation is 1. The molecule has 0 aliphatic carbocycles. The smallest absolute Gasteiger partial charge is 0.475 e. The van der Waals surface area contributed by atoms with Crippen molar-refractivity contribution in [2.75, 3.05) is 26.7 Å². The number of halogens is 7. The van der Waals surface area contributed by atoms with Gasteiger partial charge in [-0.25, -0.2) is 18.5 Å². The Balaban J connectivity index is 0.000000331. The molecular weight excluding hydrogens is 617 g/mol. The fourth-order valence-electron chi connectivity index (χ4n) is 4.28. The number of hydrogen-bond donors (Lipinski definition) is 2. The van der Waals surface area contributed by atoms with E-state index >= 15 is 0 Å². The van der Waals surface area contributed by atoms with Crippen LogP contribution in [0, 0.1) is 12.7 Å². The van der Waals surface area contributed by atoms with Crippen molar-refractivity contribution in [2.24, 2.45) is 0 Å². The van der Waals surface area contributed by atoms with Crippen LogP contribution < -0.4 is 0 Å². The Labute approximate surface area is 251 Å². The third kappa shape index (κ3) is 9.94. The van der Waals surface area contributed by atoms with Crippen molar-refractivity contribution in [3.05, 3.63) is 83.7 Å². The standard InChI is InChI=1S/C24H25FN6.2C2HF3O2/c1-17-5-3-8-21(26-17)15-30-12-11-29(2)23(16-30)24-22-10-9-19(14-31(22)28-27-24)18-6-4-7-20(25)13-18;2*3-2(4,5)1(6)7/h3-10,13-14,23H,11-12,15-16H2,1-2H3;2*(H,6,7). The van der Waals surface area contributed by atoms with Crippen molar-refractivity contribution in [3.8, 4) is 11.1 Å². The number of carboxylic acid groups (broad SMARTS) is 2. The number of carboxylic acids is 2. The summed E-state index contributed by atoms with van der Waals surface area (Å²) in [5.74, 6) is -5.76. The summed E-state index contributed by atoms with van der Waals surface area (Å²) < 4.78 is 78.9.